The van der Waals surface area contributed by atoms with E-state index in [2.05, 4.69) is 5.32 Å². The van der Waals surface area contributed by atoms with Gasteiger partial charge in [-0.1, -0.05) is 13.0 Å². The SMILES string of the molecule is CCCNc1ccc(CN)cc1F. The molecule has 0 aliphatic rings. The monoisotopic (exact) mass is 182 g/mol. The number of anilines is 1. The fourth-order valence-electron chi connectivity index (χ4n) is 1.09. The molecule has 1 rings (SSSR count). The summed E-state index contributed by atoms with van der Waals surface area (Å²) in [7, 11) is 0. The molecule has 0 aromatic heterocycles. The number of nitrogens with one attached hydrogen (secondary N) is 1. The highest BCUT2D eigenvalue weighted by Gasteiger charge is 2.00. The smallest absolute Gasteiger partial charge is 0.146 e. The van der Waals surface area contributed by atoms with E-state index < -0.39 is 0 Å². The van der Waals surface area contributed by atoms with Crippen molar-refractivity contribution in [1.29, 1.82) is 0 Å². The van der Waals surface area contributed by atoms with E-state index in [9.17, 15) is 4.39 Å². The van der Waals surface area contributed by atoms with Crippen LogP contribution in [0.3, 0.4) is 0 Å². The molecule has 1 aromatic carbocycles. The van der Waals surface area contributed by atoms with E-state index in [0.29, 0.717) is 12.2 Å². The summed E-state index contributed by atoms with van der Waals surface area (Å²) in [4.78, 5) is 0. The summed E-state index contributed by atoms with van der Waals surface area (Å²) in [6.07, 6.45) is 0.984. The third-order valence-electron chi connectivity index (χ3n) is 1.83. The van der Waals surface area contributed by atoms with Gasteiger partial charge in [0.05, 0.1) is 5.69 Å². The fraction of sp³-hybridized carbons (Fsp3) is 0.400. The van der Waals surface area contributed by atoms with Crippen molar-refractivity contribution in [2.75, 3.05) is 11.9 Å². The van der Waals surface area contributed by atoms with Crippen LogP contribution in [0.15, 0.2) is 18.2 Å². The van der Waals surface area contributed by atoms with Gasteiger partial charge in [0.15, 0.2) is 0 Å². The van der Waals surface area contributed by atoms with E-state index in [0.717, 1.165) is 18.5 Å². The largest absolute Gasteiger partial charge is 0.383 e. The number of halogens is 1. The Hall–Kier alpha value is -1.09. The number of hydrogen-bond acceptors (Lipinski definition) is 2. The lowest BCUT2D eigenvalue weighted by molar-refractivity contribution is 0.627. The Labute approximate surface area is 77.9 Å². The van der Waals surface area contributed by atoms with Crippen molar-refractivity contribution < 1.29 is 4.39 Å². The van der Waals surface area contributed by atoms with E-state index in [-0.39, 0.29) is 5.82 Å². The Morgan fingerprint density at radius 3 is 2.77 bits per heavy atom. The van der Waals surface area contributed by atoms with Crippen molar-refractivity contribution in [1.82, 2.24) is 0 Å². The van der Waals surface area contributed by atoms with Gasteiger partial charge in [-0.15, -0.1) is 0 Å². The standard InChI is InChI=1S/C10H15FN2/c1-2-5-13-10-4-3-8(7-12)6-9(10)11/h3-4,6,13H,2,5,7,12H2,1H3. The predicted octanol–water partition coefficient (Wildman–Crippen LogP) is 2.11. The number of benzene rings is 1. The van der Waals surface area contributed by atoms with Crippen LogP contribution < -0.4 is 11.1 Å². The van der Waals surface area contributed by atoms with Gasteiger partial charge >= 0.3 is 0 Å². The van der Waals surface area contributed by atoms with Crippen molar-refractivity contribution in [2.24, 2.45) is 5.73 Å². The van der Waals surface area contributed by atoms with Crippen molar-refractivity contribution >= 4 is 5.69 Å². The van der Waals surface area contributed by atoms with E-state index in [1.807, 2.05) is 13.0 Å². The van der Waals surface area contributed by atoms with Crippen LogP contribution in [-0.2, 0) is 6.54 Å². The molecule has 3 N–H and O–H groups in total. The Morgan fingerprint density at radius 1 is 1.46 bits per heavy atom. The summed E-state index contributed by atoms with van der Waals surface area (Å²) in [5.74, 6) is -0.226. The lowest BCUT2D eigenvalue weighted by Gasteiger charge is -2.06. The molecule has 0 heterocycles. The zero-order valence-corrected chi connectivity index (χ0v) is 7.81. The van der Waals surface area contributed by atoms with Crippen LogP contribution in [0.2, 0.25) is 0 Å². The average molecular weight is 182 g/mol. The van der Waals surface area contributed by atoms with E-state index in [4.69, 9.17) is 5.73 Å². The predicted molar refractivity (Wildman–Crippen MR) is 53.1 cm³/mol. The van der Waals surface area contributed by atoms with Crippen LogP contribution in [0.4, 0.5) is 10.1 Å². The summed E-state index contributed by atoms with van der Waals surface area (Å²) in [6, 6.07) is 5.03. The highest BCUT2D eigenvalue weighted by molar-refractivity contribution is 5.46. The molecule has 1 aromatic rings. The third-order valence-corrected chi connectivity index (χ3v) is 1.83. The van der Waals surface area contributed by atoms with Crippen molar-refractivity contribution in [3.05, 3.63) is 29.6 Å². The molecule has 0 saturated heterocycles. The van der Waals surface area contributed by atoms with Gasteiger partial charge in [0.1, 0.15) is 5.82 Å². The van der Waals surface area contributed by atoms with Gasteiger partial charge in [-0.05, 0) is 24.1 Å². The average Bonchev–Trinajstić information content (AvgIpc) is 2.16. The first-order chi connectivity index (χ1) is 6.27. The first-order valence-electron chi connectivity index (χ1n) is 4.50. The molecule has 0 bridgehead atoms. The molecule has 13 heavy (non-hydrogen) atoms. The molecule has 0 aliphatic heterocycles. The molecular weight excluding hydrogens is 167 g/mol. The molecular formula is C10H15FN2. The van der Waals surface area contributed by atoms with Crippen LogP contribution in [0.25, 0.3) is 0 Å². The molecule has 2 nitrogen and oxygen atoms in total. The van der Waals surface area contributed by atoms with E-state index in [1.165, 1.54) is 6.07 Å². The van der Waals surface area contributed by atoms with Gasteiger partial charge in [-0.3, -0.25) is 0 Å². The zero-order valence-electron chi connectivity index (χ0n) is 7.81. The van der Waals surface area contributed by atoms with Gasteiger partial charge in [0.25, 0.3) is 0 Å². The highest BCUT2D eigenvalue weighted by Crippen LogP contribution is 2.15. The summed E-state index contributed by atoms with van der Waals surface area (Å²) in [5, 5.41) is 3.00. The number of rotatable bonds is 4. The van der Waals surface area contributed by atoms with E-state index >= 15 is 0 Å². The topological polar surface area (TPSA) is 38.0 Å². The van der Waals surface area contributed by atoms with Gasteiger partial charge < -0.3 is 11.1 Å². The molecule has 0 amide bonds. The second-order valence-corrected chi connectivity index (χ2v) is 2.95. The van der Waals surface area contributed by atoms with Gasteiger partial charge in [0.2, 0.25) is 0 Å². The van der Waals surface area contributed by atoms with Crippen LogP contribution >= 0.6 is 0 Å². The van der Waals surface area contributed by atoms with Crippen LogP contribution in [0.1, 0.15) is 18.9 Å². The van der Waals surface area contributed by atoms with Crippen molar-refractivity contribution in [3.8, 4) is 0 Å². The van der Waals surface area contributed by atoms with Crippen LogP contribution in [0.5, 0.6) is 0 Å². The normalized spacial score (nSPS) is 10.1. The molecule has 0 radical (unpaired) electrons. The fourth-order valence-corrected chi connectivity index (χ4v) is 1.09. The second kappa shape index (κ2) is 4.82. The van der Waals surface area contributed by atoms with Crippen LogP contribution in [0, 0.1) is 5.82 Å². The van der Waals surface area contributed by atoms with Gasteiger partial charge in [-0.25, -0.2) is 4.39 Å². The maximum Gasteiger partial charge on any atom is 0.146 e. The number of nitrogens with two attached hydrogens (primary N) is 1. The number of hydrogen-bond donors (Lipinski definition) is 2. The molecule has 0 spiro atoms. The Kier molecular flexibility index (Phi) is 3.71. The van der Waals surface area contributed by atoms with Gasteiger partial charge in [0, 0.05) is 13.1 Å². The van der Waals surface area contributed by atoms with Crippen LogP contribution in [-0.4, -0.2) is 6.54 Å². The molecule has 0 saturated carbocycles. The molecule has 72 valence electrons. The molecule has 0 aliphatic carbocycles. The molecule has 3 heteroatoms. The summed E-state index contributed by atoms with van der Waals surface area (Å²) >= 11 is 0. The van der Waals surface area contributed by atoms with Crippen molar-refractivity contribution in [3.63, 3.8) is 0 Å². The summed E-state index contributed by atoms with van der Waals surface area (Å²) in [5.41, 5.74) is 6.76. The maximum atomic E-state index is 13.2. The second-order valence-electron chi connectivity index (χ2n) is 2.95. The Bertz CT molecular complexity index is 274. The quantitative estimate of drug-likeness (QED) is 0.748. The third kappa shape index (κ3) is 2.70. The van der Waals surface area contributed by atoms with E-state index in [1.54, 1.807) is 6.07 Å². The lowest BCUT2D eigenvalue weighted by atomic mass is 10.2. The summed E-state index contributed by atoms with van der Waals surface area (Å²) < 4.78 is 13.2. The maximum absolute atomic E-state index is 13.2. The minimum Gasteiger partial charge on any atom is -0.383 e. The minimum atomic E-state index is -0.226. The van der Waals surface area contributed by atoms with Gasteiger partial charge in [-0.2, -0.15) is 0 Å². The summed E-state index contributed by atoms with van der Waals surface area (Å²) in [6.45, 7) is 3.21. The molecule has 0 fully saturated rings. The highest BCUT2D eigenvalue weighted by atomic mass is 19.1. The molecule has 0 atom stereocenters. The lowest BCUT2D eigenvalue weighted by Crippen LogP contribution is -2.03. The first-order valence-corrected chi connectivity index (χ1v) is 4.50. The zero-order chi connectivity index (χ0) is 9.68. The van der Waals surface area contributed by atoms with Crippen molar-refractivity contribution in [2.45, 2.75) is 19.9 Å². The first kappa shape index (κ1) is 9.99. The Morgan fingerprint density at radius 2 is 2.23 bits per heavy atom. The molecule has 0 unspecified atom stereocenters. The minimum absolute atomic E-state index is 0.226. The Balaban J connectivity index is 2.73.